The summed E-state index contributed by atoms with van der Waals surface area (Å²) in [5.41, 5.74) is 5.06. The van der Waals surface area contributed by atoms with Gasteiger partial charge in [-0.2, -0.15) is 0 Å². The van der Waals surface area contributed by atoms with Gasteiger partial charge in [-0.1, -0.05) is 36.4 Å². The molecule has 0 fully saturated rings. The molecule has 142 valence electrons. The first kappa shape index (κ1) is 19.4. The van der Waals surface area contributed by atoms with Crippen LogP contribution in [0.4, 0.5) is 5.69 Å². The Hall–Kier alpha value is -3.33. The van der Waals surface area contributed by atoms with E-state index in [1.165, 1.54) is 0 Å². The van der Waals surface area contributed by atoms with Crippen molar-refractivity contribution in [1.29, 1.82) is 0 Å². The molecule has 3 nitrogen and oxygen atoms in total. The average molecular weight is 371 g/mol. The summed E-state index contributed by atoms with van der Waals surface area (Å²) in [5, 5.41) is 0. The molecule has 0 atom stereocenters. The Morgan fingerprint density at radius 2 is 1.43 bits per heavy atom. The van der Waals surface area contributed by atoms with E-state index in [1.807, 2.05) is 80.6 Å². The fraction of sp³-hybridized carbons (Fsp3) is 0.160. The van der Waals surface area contributed by atoms with Gasteiger partial charge in [-0.25, -0.2) is 4.99 Å². The van der Waals surface area contributed by atoms with Crippen molar-refractivity contribution >= 4 is 11.6 Å². The normalized spacial score (nSPS) is 12.0. The van der Waals surface area contributed by atoms with Gasteiger partial charge in [-0.3, -0.25) is 0 Å². The summed E-state index contributed by atoms with van der Waals surface area (Å²) in [6.45, 7) is 8.07. The van der Waals surface area contributed by atoms with E-state index in [2.05, 4.69) is 24.9 Å². The van der Waals surface area contributed by atoms with E-state index < -0.39 is 0 Å². The molecule has 28 heavy (non-hydrogen) atoms. The molecule has 0 N–H and O–H groups in total. The van der Waals surface area contributed by atoms with Gasteiger partial charge < -0.3 is 9.47 Å². The lowest BCUT2D eigenvalue weighted by Crippen LogP contribution is -2.11. The van der Waals surface area contributed by atoms with Crippen LogP contribution in [0.25, 0.3) is 0 Å². The van der Waals surface area contributed by atoms with Gasteiger partial charge >= 0.3 is 0 Å². The second kappa shape index (κ2) is 9.05. The van der Waals surface area contributed by atoms with Crippen LogP contribution in [0.15, 0.2) is 89.6 Å². The number of aryl methyl sites for hydroxylation is 3. The molecule has 0 amide bonds. The number of para-hydroxylation sites is 1. The zero-order valence-corrected chi connectivity index (χ0v) is 16.8. The van der Waals surface area contributed by atoms with Crippen LogP contribution in [0.1, 0.15) is 23.6 Å². The number of hydrogen-bond acceptors (Lipinski definition) is 3. The lowest BCUT2D eigenvalue weighted by molar-refractivity contribution is 0.473. The highest BCUT2D eigenvalue weighted by molar-refractivity contribution is 5.96. The lowest BCUT2D eigenvalue weighted by Gasteiger charge is -2.12. The van der Waals surface area contributed by atoms with E-state index in [0.717, 1.165) is 39.4 Å². The van der Waals surface area contributed by atoms with E-state index in [0.29, 0.717) is 5.90 Å². The number of aliphatic imine (C=N–C) groups is 1. The molecule has 0 aliphatic heterocycles. The Balaban J connectivity index is 1.90. The maximum atomic E-state index is 6.16. The van der Waals surface area contributed by atoms with Gasteiger partial charge in [0.25, 0.3) is 0 Å². The quantitative estimate of drug-likeness (QED) is 0.284. The Morgan fingerprint density at radius 3 is 2.11 bits per heavy atom. The number of hydrogen-bond donors (Lipinski definition) is 0. The van der Waals surface area contributed by atoms with Gasteiger partial charge in [-0.05, 0) is 80.8 Å². The van der Waals surface area contributed by atoms with E-state index in [9.17, 15) is 0 Å². The van der Waals surface area contributed by atoms with Crippen molar-refractivity contribution in [2.24, 2.45) is 4.99 Å². The second-order valence-corrected chi connectivity index (χ2v) is 6.91. The molecule has 3 aromatic rings. The molecular formula is C25H25NO2. The fourth-order valence-corrected chi connectivity index (χ4v) is 2.81. The molecule has 0 spiro atoms. The van der Waals surface area contributed by atoms with Gasteiger partial charge in [0.05, 0.1) is 11.9 Å². The van der Waals surface area contributed by atoms with Crippen LogP contribution in [0.2, 0.25) is 0 Å². The predicted molar refractivity (Wildman–Crippen MR) is 116 cm³/mol. The van der Waals surface area contributed by atoms with Crippen LogP contribution in [-0.2, 0) is 0 Å². The number of rotatable bonds is 5. The fourth-order valence-electron chi connectivity index (χ4n) is 2.81. The van der Waals surface area contributed by atoms with Crippen molar-refractivity contribution in [3.05, 3.63) is 101 Å². The smallest absolute Gasteiger partial charge is 0.225 e. The molecule has 0 aliphatic rings. The Kier molecular flexibility index (Phi) is 6.28. The van der Waals surface area contributed by atoms with Crippen molar-refractivity contribution in [3.8, 4) is 11.5 Å². The van der Waals surface area contributed by atoms with E-state index in [-0.39, 0.29) is 0 Å². The van der Waals surface area contributed by atoms with E-state index in [1.54, 1.807) is 6.26 Å². The molecule has 0 unspecified atom stereocenters. The molecule has 3 rings (SSSR count). The molecule has 0 aliphatic carbocycles. The first-order valence-electron chi connectivity index (χ1n) is 9.30. The van der Waals surface area contributed by atoms with E-state index in [4.69, 9.17) is 9.47 Å². The molecule has 3 heteroatoms. The van der Waals surface area contributed by atoms with Crippen LogP contribution in [0, 0.1) is 20.8 Å². The lowest BCUT2D eigenvalue weighted by atomic mass is 10.1. The van der Waals surface area contributed by atoms with Crippen molar-refractivity contribution < 1.29 is 9.47 Å². The third kappa shape index (κ3) is 5.58. The average Bonchev–Trinajstić information content (AvgIpc) is 2.66. The van der Waals surface area contributed by atoms with Crippen molar-refractivity contribution in [2.75, 3.05) is 0 Å². The van der Waals surface area contributed by atoms with Crippen molar-refractivity contribution in [1.82, 2.24) is 0 Å². The summed E-state index contributed by atoms with van der Waals surface area (Å²) in [6.07, 6.45) is 1.68. The van der Waals surface area contributed by atoms with Crippen molar-refractivity contribution in [3.63, 3.8) is 0 Å². The predicted octanol–water partition coefficient (Wildman–Crippen LogP) is 6.70. The highest BCUT2D eigenvalue weighted by Gasteiger charge is 2.09. The minimum absolute atomic E-state index is 0.504. The molecule has 0 aromatic heterocycles. The van der Waals surface area contributed by atoms with Crippen LogP contribution < -0.4 is 9.47 Å². The molecule has 0 saturated carbocycles. The second-order valence-electron chi connectivity index (χ2n) is 6.91. The SMILES string of the molecule is CC(=COc1cccc(C)c1)/C(=N\c1ccccc1)Oc1cc(C)cc(C)c1. The van der Waals surface area contributed by atoms with Crippen molar-refractivity contribution in [2.45, 2.75) is 27.7 Å². The maximum Gasteiger partial charge on any atom is 0.225 e. The Labute approximate surface area is 167 Å². The molecule has 0 saturated heterocycles. The third-order valence-electron chi connectivity index (χ3n) is 4.10. The minimum atomic E-state index is 0.504. The molecular weight excluding hydrogens is 346 g/mol. The standard InChI is InChI=1S/C25H25NO2/c1-18-9-8-12-23(14-18)27-17-21(4)25(26-22-10-6-5-7-11-22)28-24-15-19(2)13-20(3)16-24/h5-17H,1-4H3/b21-17?,26-25+. The molecule has 0 heterocycles. The zero-order chi connectivity index (χ0) is 19.9. The summed E-state index contributed by atoms with van der Waals surface area (Å²) in [5.74, 6) is 2.05. The topological polar surface area (TPSA) is 30.8 Å². The summed E-state index contributed by atoms with van der Waals surface area (Å²) in [7, 11) is 0. The minimum Gasteiger partial charge on any atom is -0.465 e. The third-order valence-corrected chi connectivity index (χ3v) is 4.10. The first-order valence-corrected chi connectivity index (χ1v) is 9.30. The molecule has 0 radical (unpaired) electrons. The highest BCUT2D eigenvalue weighted by atomic mass is 16.5. The monoisotopic (exact) mass is 371 g/mol. The molecule has 3 aromatic carbocycles. The summed E-state index contributed by atoms with van der Waals surface area (Å²) >= 11 is 0. The molecule has 0 bridgehead atoms. The Bertz CT molecular complexity index is 984. The number of nitrogens with zero attached hydrogens (tertiary/aromatic N) is 1. The number of benzene rings is 3. The largest absolute Gasteiger partial charge is 0.465 e. The summed E-state index contributed by atoms with van der Waals surface area (Å²) < 4.78 is 12.0. The summed E-state index contributed by atoms with van der Waals surface area (Å²) in [6, 6.07) is 23.8. The van der Waals surface area contributed by atoms with Crippen LogP contribution in [0.5, 0.6) is 11.5 Å². The first-order chi connectivity index (χ1) is 13.5. The van der Waals surface area contributed by atoms with Gasteiger partial charge in [0.15, 0.2) is 0 Å². The zero-order valence-electron chi connectivity index (χ0n) is 16.8. The Morgan fingerprint density at radius 1 is 0.750 bits per heavy atom. The van der Waals surface area contributed by atoms with Crippen LogP contribution in [0.3, 0.4) is 0 Å². The number of ether oxygens (including phenoxy) is 2. The maximum absolute atomic E-state index is 6.16. The van der Waals surface area contributed by atoms with Gasteiger partial charge in [0, 0.05) is 5.57 Å². The van der Waals surface area contributed by atoms with E-state index >= 15 is 0 Å². The van der Waals surface area contributed by atoms with Gasteiger partial charge in [0.1, 0.15) is 11.5 Å². The summed E-state index contributed by atoms with van der Waals surface area (Å²) in [4.78, 5) is 4.69. The van der Waals surface area contributed by atoms with Gasteiger partial charge in [0.2, 0.25) is 5.90 Å². The van der Waals surface area contributed by atoms with Crippen LogP contribution >= 0.6 is 0 Å². The highest BCUT2D eigenvalue weighted by Crippen LogP contribution is 2.21. The van der Waals surface area contributed by atoms with Crippen LogP contribution in [-0.4, -0.2) is 5.90 Å². The van der Waals surface area contributed by atoms with Gasteiger partial charge in [-0.15, -0.1) is 0 Å².